The van der Waals surface area contributed by atoms with Crippen molar-refractivity contribution in [1.29, 1.82) is 0 Å². The number of benzene rings is 3. The highest BCUT2D eigenvalue weighted by Gasteiger charge is 2.30. The number of sulfonamides is 1. The maximum Gasteiger partial charge on any atom is 0.264 e. The number of hydrogen-bond acceptors (Lipinski definition) is 5. The fraction of sp³-hybridized carbons (Fsp3) is 0.345. The summed E-state index contributed by atoms with van der Waals surface area (Å²) in [5.74, 6) is 0.999. The van der Waals surface area contributed by atoms with Crippen LogP contribution in [0.3, 0.4) is 0 Å². The largest absolute Gasteiger partial charge is 0.496 e. The number of carbonyl (C=O) groups excluding carboxylic acids is 1. The quantitative estimate of drug-likeness (QED) is 0.353. The van der Waals surface area contributed by atoms with E-state index in [1.807, 2.05) is 32.9 Å². The highest BCUT2D eigenvalue weighted by atomic mass is 32.2. The molecule has 0 aliphatic carbocycles. The molecule has 3 aromatic rings. The third kappa shape index (κ3) is 6.43. The monoisotopic (exact) mass is 524 g/mol. The van der Waals surface area contributed by atoms with Gasteiger partial charge in [0.2, 0.25) is 5.91 Å². The first-order valence-corrected chi connectivity index (χ1v) is 13.8. The highest BCUT2D eigenvalue weighted by molar-refractivity contribution is 7.92. The number of amides is 1. The van der Waals surface area contributed by atoms with Gasteiger partial charge in [-0.25, -0.2) is 8.42 Å². The third-order valence-corrected chi connectivity index (χ3v) is 7.91. The van der Waals surface area contributed by atoms with Gasteiger partial charge in [-0.15, -0.1) is 0 Å². The Morgan fingerprint density at radius 1 is 0.946 bits per heavy atom. The van der Waals surface area contributed by atoms with Crippen molar-refractivity contribution in [1.82, 2.24) is 5.32 Å². The summed E-state index contributed by atoms with van der Waals surface area (Å²) in [6.07, 6.45) is 0. The molecular weight excluding hydrogens is 488 g/mol. The van der Waals surface area contributed by atoms with Crippen LogP contribution in [0.4, 0.5) is 5.69 Å². The van der Waals surface area contributed by atoms with Gasteiger partial charge >= 0.3 is 0 Å². The smallest absolute Gasteiger partial charge is 0.264 e. The van der Waals surface area contributed by atoms with Crippen molar-refractivity contribution in [2.45, 2.75) is 51.5 Å². The van der Waals surface area contributed by atoms with Crippen LogP contribution in [0.15, 0.2) is 71.6 Å². The SMILES string of the molecule is CCOc1ccccc1N(CC(=O)NC(C)c1cc(C(C)C)c(OC)cc1C)S(=O)(=O)c1ccccc1. The molecule has 37 heavy (non-hydrogen) atoms. The summed E-state index contributed by atoms with van der Waals surface area (Å²) in [5, 5.41) is 2.99. The lowest BCUT2D eigenvalue weighted by molar-refractivity contribution is -0.120. The van der Waals surface area contributed by atoms with Gasteiger partial charge in [-0.2, -0.15) is 0 Å². The summed E-state index contributed by atoms with van der Waals surface area (Å²) in [7, 11) is -2.40. The fourth-order valence-corrected chi connectivity index (χ4v) is 5.72. The Labute approximate surface area is 220 Å². The Bertz CT molecular complexity index is 1320. The van der Waals surface area contributed by atoms with Crippen LogP contribution in [-0.4, -0.2) is 34.6 Å². The maximum atomic E-state index is 13.7. The van der Waals surface area contributed by atoms with Crippen molar-refractivity contribution in [2.24, 2.45) is 0 Å². The Balaban J connectivity index is 1.95. The molecule has 8 heteroatoms. The van der Waals surface area contributed by atoms with Crippen molar-refractivity contribution >= 4 is 21.6 Å². The zero-order valence-corrected chi connectivity index (χ0v) is 23.1. The van der Waals surface area contributed by atoms with Crippen LogP contribution in [-0.2, 0) is 14.8 Å². The van der Waals surface area contributed by atoms with E-state index in [0.717, 1.165) is 26.7 Å². The number of carbonyl (C=O) groups is 1. The molecule has 0 radical (unpaired) electrons. The standard InChI is InChI=1S/C29H36N2O5S/c1-7-36-27-16-12-11-15-26(27)31(37(33,34)23-13-9-8-10-14-23)19-29(32)30-22(5)25-18-24(20(2)3)28(35-6)17-21(25)4/h8-18,20,22H,7,19H2,1-6H3,(H,30,32). The molecule has 0 heterocycles. The van der Waals surface area contributed by atoms with Gasteiger partial charge in [0.15, 0.2) is 0 Å². The molecule has 3 rings (SSSR count). The Morgan fingerprint density at radius 2 is 1.59 bits per heavy atom. The second-order valence-corrected chi connectivity index (χ2v) is 11.0. The number of nitrogens with zero attached hydrogens (tertiary/aromatic N) is 1. The van der Waals surface area contributed by atoms with Crippen LogP contribution in [0, 0.1) is 6.92 Å². The number of methoxy groups -OCH3 is 1. The summed E-state index contributed by atoms with van der Waals surface area (Å²) in [6.45, 7) is 9.80. The average molecular weight is 525 g/mol. The first kappa shape index (κ1) is 28.1. The van der Waals surface area contributed by atoms with Crippen molar-refractivity contribution in [3.63, 3.8) is 0 Å². The normalized spacial score (nSPS) is 12.2. The molecule has 1 N–H and O–H groups in total. The molecule has 198 valence electrons. The molecule has 7 nitrogen and oxygen atoms in total. The average Bonchev–Trinajstić information content (AvgIpc) is 2.87. The van der Waals surface area contributed by atoms with E-state index in [2.05, 4.69) is 19.2 Å². The lowest BCUT2D eigenvalue weighted by Crippen LogP contribution is -2.41. The summed E-state index contributed by atoms with van der Waals surface area (Å²) >= 11 is 0. The molecule has 0 aromatic heterocycles. The highest BCUT2D eigenvalue weighted by Crippen LogP contribution is 2.34. The third-order valence-electron chi connectivity index (χ3n) is 6.14. The minimum Gasteiger partial charge on any atom is -0.496 e. The number of aryl methyl sites for hydroxylation is 1. The van der Waals surface area contributed by atoms with E-state index in [1.54, 1.807) is 49.6 Å². The molecule has 0 saturated heterocycles. The predicted octanol–water partition coefficient (Wildman–Crippen LogP) is 5.60. The number of ether oxygens (including phenoxy) is 2. The number of para-hydroxylation sites is 2. The van der Waals surface area contributed by atoms with E-state index < -0.39 is 22.5 Å². The van der Waals surface area contributed by atoms with Gasteiger partial charge < -0.3 is 14.8 Å². The number of rotatable bonds is 11. The zero-order chi connectivity index (χ0) is 27.2. The van der Waals surface area contributed by atoms with E-state index in [-0.39, 0.29) is 16.9 Å². The predicted molar refractivity (Wildman–Crippen MR) is 147 cm³/mol. The van der Waals surface area contributed by atoms with Crippen LogP contribution in [0.25, 0.3) is 0 Å². The molecule has 0 aliphatic rings. The molecule has 3 aromatic carbocycles. The molecular formula is C29H36N2O5S. The van der Waals surface area contributed by atoms with Gasteiger partial charge in [0.25, 0.3) is 10.0 Å². The van der Waals surface area contributed by atoms with Gasteiger partial charge in [-0.05, 0) is 79.8 Å². The van der Waals surface area contributed by atoms with Gasteiger partial charge in [0.1, 0.15) is 18.0 Å². The van der Waals surface area contributed by atoms with E-state index in [9.17, 15) is 13.2 Å². The van der Waals surface area contributed by atoms with Crippen LogP contribution >= 0.6 is 0 Å². The van der Waals surface area contributed by atoms with Crippen LogP contribution in [0.1, 0.15) is 56.3 Å². The second kappa shape index (κ2) is 12.1. The lowest BCUT2D eigenvalue weighted by Gasteiger charge is -2.27. The van der Waals surface area contributed by atoms with E-state index >= 15 is 0 Å². The van der Waals surface area contributed by atoms with Crippen molar-refractivity contribution in [3.8, 4) is 11.5 Å². The van der Waals surface area contributed by atoms with Crippen molar-refractivity contribution in [3.05, 3.63) is 83.4 Å². The number of anilines is 1. The minimum atomic E-state index is -4.05. The van der Waals surface area contributed by atoms with Crippen LogP contribution in [0.2, 0.25) is 0 Å². The van der Waals surface area contributed by atoms with Gasteiger partial charge in [0, 0.05) is 0 Å². The van der Waals surface area contributed by atoms with Crippen molar-refractivity contribution in [2.75, 3.05) is 24.6 Å². The summed E-state index contributed by atoms with van der Waals surface area (Å²) in [6, 6.07) is 18.6. The maximum absolute atomic E-state index is 13.7. The van der Waals surface area contributed by atoms with E-state index in [0.29, 0.717) is 18.0 Å². The molecule has 1 unspecified atom stereocenters. The number of nitrogens with one attached hydrogen (secondary N) is 1. The fourth-order valence-electron chi connectivity index (χ4n) is 4.27. The Morgan fingerprint density at radius 3 is 2.22 bits per heavy atom. The van der Waals surface area contributed by atoms with E-state index in [4.69, 9.17) is 9.47 Å². The van der Waals surface area contributed by atoms with Crippen LogP contribution < -0.4 is 19.1 Å². The van der Waals surface area contributed by atoms with Gasteiger partial charge in [-0.1, -0.05) is 44.2 Å². The molecule has 0 saturated carbocycles. The first-order valence-electron chi connectivity index (χ1n) is 12.4. The van der Waals surface area contributed by atoms with E-state index in [1.165, 1.54) is 12.1 Å². The van der Waals surface area contributed by atoms with Crippen LogP contribution in [0.5, 0.6) is 11.5 Å². The molecule has 1 atom stereocenters. The zero-order valence-electron chi connectivity index (χ0n) is 22.3. The molecule has 1 amide bonds. The summed E-state index contributed by atoms with van der Waals surface area (Å²) < 4.78 is 39.8. The number of hydrogen-bond donors (Lipinski definition) is 1. The van der Waals surface area contributed by atoms with Crippen molar-refractivity contribution < 1.29 is 22.7 Å². The minimum absolute atomic E-state index is 0.0923. The Kier molecular flexibility index (Phi) is 9.21. The molecule has 0 bridgehead atoms. The van der Waals surface area contributed by atoms with Gasteiger partial charge in [-0.3, -0.25) is 9.10 Å². The Hall–Kier alpha value is -3.52. The summed E-state index contributed by atoms with van der Waals surface area (Å²) in [5.41, 5.74) is 3.27. The molecule has 0 fully saturated rings. The topological polar surface area (TPSA) is 84.9 Å². The van der Waals surface area contributed by atoms with Gasteiger partial charge in [0.05, 0.1) is 30.3 Å². The molecule has 0 spiro atoms. The lowest BCUT2D eigenvalue weighted by atomic mass is 9.93. The first-order chi connectivity index (χ1) is 17.6. The second-order valence-electron chi connectivity index (χ2n) is 9.12. The summed E-state index contributed by atoms with van der Waals surface area (Å²) in [4.78, 5) is 13.4. The molecule has 0 aliphatic heterocycles.